The molecular formula is C14H22O. The molecule has 0 bridgehead atoms. The zero-order valence-corrected chi connectivity index (χ0v) is 10.4. The summed E-state index contributed by atoms with van der Waals surface area (Å²) in [6.07, 6.45) is 4.12. The summed E-state index contributed by atoms with van der Waals surface area (Å²) in [6.45, 7) is 9.08. The van der Waals surface area contributed by atoms with Gasteiger partial charge in [-0.1, -0.05) is 56.3 Å². The highest BCUT2D eigenvalue weighted by atomic mass is 16.1. The van der Waals surface area contributed by atoms with Gasteiger partial charge in [0.15, 0.2) is 0 Å². The number of carbonyl (C=O) groups excluding carboxylic acids is 1. The van der Waals surface area contributed by atoms with Gasteiger partial charge in [0.2, 0.25) is 0 Å². The molecule has 1 heteroatoms. The van der Waals surface area contributed by atoms with Crippen LogP contribution in [0.5, 0.6) is 0 Å². The molecule has 0 amide bonds. The van der Waals surface area contributed by atoms with Crippen molar-refractivity contribution in [3.05, 3.63) is 42.0 Å². The Balaban J connectivity index is 0. The predicted molar refractivity (Wildman–Crippen MR) is 68.9 cm³/mol. The minimum Gasteiger partial charge on any atom is -0.300 e. The normalized spacial score (nSPS) is 8.33. The Morgan fingerprint density at radius 1 is 1.07 bits per heavy atom. The molecule has 0 radical (unpaired) electrons. The molecule has 0 aliphatic rings. The molecule has 0 N–H and O–H groups in total. The summed E-state index contributed by atoms with van der Waals surface area (Å²) in [5.74, 6) is 0.167. The van der Waals surface area contributed by atoms with E-state index in [0.29, 0.717) is 0 Å². The van der Waals surface area contributed by atoms with Crippen LogP contribution in [0.3, 0.4) is 0 Å². The van der Waals surface area contributed by atoms with Crippen LogP contribution in [0.15, 0.2) is 36.4 Å². The minimum atomic E-state index is 0.167. The van der Waals surface area contributed by atoms with E-state index in [2.05, 4.69) is 18.2 Å². The second-order valence-electron chi connectivity index (χ2n) is 2.82. The average Bonchev–Trinajstić information content (AvgIpc) is 2.22. The molecule has 1 nitrogen and oxygen atoms in total. The summed E-state index contributed by atoms with van der Waals surface area (Å²) in [4.78, 5) is 9.44. The van der Waals surface area contributed by atoms with Crippen LogP contribution in [0.4, 0.5) is 0 Å². The van der Waals surface area contributed by atoms with Crippen molar-refractivity contribution in [3.8, 4) is 0 Å². The molecule has 84 valence electrons. The highest BCUT2D eigenvalue weighted by Gasteiger charge is 1.77. The summed E-state index contributed by atoms with van der Waals surface area (Å²) < 4.78 is 0. The fourth-order valence-corrected chi connectivity index (χ4v) is 0.757. The van der Waals surface area contributed by atoms with Gasteiger partial charge in [0, 0.05) is 0 Å². The lowest BCUT2D eigenvalue weighted by atomic mass is 10.2. The SMILES string of the molecule is CC.CC(C)=O.CC=Cc1ccccc1. The van der Waals surface area contributed by atoms with Gasteiger partial charge in [-0.05, 0) is 26.3 Å². The van der Waals surface area contributed by atoms with Crippen LogP contribution in [-0.4, -0.2) is 5.78 Å². The van der Waals surface area contributed by atoms with Crippen LogP contribution in [0, 0.1) is 0 Å². The molecule has 0 aromatic heterocycles. The summed E-state index contributed by atoms with van der Waals surface area (Å²) in [6, 6.07) is 10.3. The molecule has 0 spiro atoms. The summed E-state index contributed by atoms with van der Waals surface area (Å²) in [5, 5.41) is 0. The van der Waals surface area contributed by atoms with Gasteiger partial charge in [-0.2, -0.15) is 0 Å². The lowest BCUT2D eigenvalue weighted by molar-refractivity contribution is -0.114. The Kier molecular flexibility index (Phi) is 13.5. The number of Topliss-reactive ketones (excluding diaryl/α,β-unsaturated/α-hetero) is 1. The zero-order valence-electron chi connectivity index (χ0n) is 10.4. The minimum absolute atomic E-state index is 0.167. The number of carbonyl (C=O) groups is 1. The van der Waals surface area contributed by atoms with Crippen molar-refractivity contribution in [1.29, 1.82) is 0 Å². The molecule has 1 rings (SSSR count). The second-order valence-corrected chi connectivity index (χ2v) is 2.82. The summed E-state index contributed by atoms with van der Waals surface area (Å²) in [7, 11) is 0. The molecule has 0 unspecified atom stereocenters. The summed E-state index contributed by atoms with van der Waals surface area (Å²) in [5.41, 5.74) is 1.26. The Morgan fingerprint density at radius 2 is 1.47 bits per heavy atom. The topological polar surface area (TPSA) is 17.1 Å². The zero-order chi connectivity index (χ0) is 12.1. The van der Waals surface area contributed by atoms with E-state index in [1.807, 2.05) is 45.0 Å². The lowest BCUT2D eigenvalue weighted by Gasteiger charge is -1.86. The predicted octanol–water partition coefficient (Wildman–Crippen LogP) is 4.34. The van der Waals surface area contributed by atoms with Crippen LogP contribution < -0.4 is 0 Å². The monoisotopic (exact) mass is 206 g/mol. The van der Waals surface area contributed by atoms with Gasteiger partial charge in [-0.25, -0.2) is 0 Å². The van der Waals surface area contributed by atoms with E-state index in [0.717, 1.165) is 0 Å². The molecule has 0 heterocycles. The van der Waals surface area contributed by atoms with Crippen LogP contribution in [-0.2, 0) is 4.79 Å². The van der Waals surface area contributed by atoms with Crippen molar-refractivity contribution in [3.63, 3.8) is 0 Å². The smallest absolute Gasteiger partial charge is 0.126 e. The van der Waals surface area contributed by atoms with Gasteiger partial charge >= 0.3 is 0 Å². The maximum Gasteiger partial charge on any atom is 0.126 e. The molecular weight excluding hydrogens is 184 g/mol. The Bertz CT molecular complexity index is 256. The first-order chi connectivity index (χ1) is 7.16. The molecule has 15 heavy (non-hydrogen) atoms. The van der Waals surface area contributed by atoms with Crippen LogP contribution in [0.25, 0.3) is 6.08 Å². The Labute approximate surface area is 93.8 Å². The first kappa shape index (κ1) is 16.1. The maximum atomic E-state index is 9.44. The largest absolute Gasteiger partial charge is 0.300 e. The number of rotatable bonds is 1. The molecule has 1 aromatic carbocycles. The van der Waals surface area contributed by atoms with Gasteiger partial charge in [-0.15, -0.1) is 0 Å². The summed E-state index contributed by atoms with van der Waals surface area (Å²) >= 11 is 0. The second kappa shape index (κ2) is 12.6. The van der Waals surface area contributed by atoms with Gasteiger partial charge in [0.05, 0.1) is 0 Å². The van der Waals surface area contributed by atoms with Gasteiger partial charge in [-0.3, -0.25) is 0 Å². The van der Waals surface area contributed by atoms with E-state index < -0.39 is 0 Å². The molecule has 0 saturated heterocycles. The third kappa shape index (κ3) is 15.4. The van der Waals surface area contributed by atoms with E-state index in [9.17, 15) is 4.79 Å². The Morgan fingerprint density at radius 3 is 1.80 bits per heavy atom. The standard InChI is InChI=1S/C9H10.C3H6O.C2H6/c1-2-6-9-7-4-3-5-8-9;1-3(2)4;1-2/h2-8H,1H3;1-2H3;1-2H3. The van der Waals surface area contributed by atoms with Crippen molar-refractivity contribution in [2.45, 2.75) is 34.6 Å². The van der Waals surface area contributed by atoms with Crippen molar-refractivity contribution >= 4 is 11.9 Å². The fourth-order valence-electron chi connectivity index (χ4n) is 0.757. The van der Waals surface area contributed by atoms with E-state index in [-0.39, 0.29) is 5.78 Å². The van der Waals surface area contributed by atoms with Crippen molar-refractivity contribution in [1.82, 2.24) is 0 Å². The van der Waals surface area contributed by atoms with E-state index in [1.54, 1.807) is 0 Å². The van der Waals surface area contributed by atoms with E-state index >= 15 is 0 Å². The van der Waals surface area contributed by atoms with Crippen LogP contribution >= 0.6 is 0 Å². The number of hydrogen-bond acceptors (Lipinski definition) is 1. The van der Waals surface area contributed by atoms with Crippen LogP contribution in [0.2, 0.25) is 0 Å². The van der Waals surface area contributed by atoms with Gasteiger partial charge in [0.25, 0.3) is 0 Å². The molecule has 0 atom stereocenters. The number of allylic oxidation sites excluding steroid dienone is 1. The van der Waals surface area contributed by atoms with E-state index in [1.165, 1.54) is 19.4 Å². The van der Waals surface area contributed by atoms with E-state index in [4.69, 9.17) is 0 Å². The lowest BCUT2D eigenvalue weighted by Crippen LogP contribution is -1.69. The van der Waals surface area contributed by atoms with Crippen molar-refractivity contribution in [2.24, 2.45) is 0 Å². The molecule has 0 saturated carbocycles. The third-order valence-electron chi connectivity index (χ3n) is 1.16. The maximum absolute atomic E-state index is 9.44. The first-order valence-electron chi connectivity index (χ1n) is 5.31. The quantitative estimate of drug-likeness (QED) is 0.668. The highest BCUT2D eigenvalue weighted by Crippen LogP contribution is 1.99. The van der Waals surface area contributed by atoms with Gasteiger partial charge < -0.3 is 4.79 Å². The first-order valence-corrected chi connectivity index (χ1v) is 5.31. The van der Waals surface area contributed by atoms with Crippen LogP contribution in [0.1, 0.15) is 40.2 Å². The number of hydrogen-bond donors (Lipinski definition) is 0. The highest BCUT2D eigenvalue weighted by molar-refractivity contribution is 5.72. The number of benzene rings is 1. The fraction of sp³-hybridized carbons (Fsp3) is 0.357. The Hall–Kier alpha value is -1.37. The van der Waals surface area contributed by atoms with Gasteiger partial charge in [0.1, 0.15) is 5.78 Å². The number of ketones is 1. The molecule has 1 aromatic rings. The molecule has 0 aliphatic carbocycles. The van der Waals surface area contributed by atoms with Crippen molar-refractivity contribution < 1.29 is 4.79 Å². The van der Waals surface area contributed by atoms with Crippen molar-refractivity contribution in [2.75, 3.05) is 0 Å². The third-order valence-corrected chi connectivity index (χ3v) is 1.16. The molecule has 0 aliphatic heterocycles. The molecule has 0 fully saturated rings. The average molecular weight is 206 g/mol.